The van der Waals surface area contributed by atoms with Gasteiger partial charge in [0.1, 0.15) is 0 Å². The van der Waals surface area contributed by atoms with Crippen molar-refractivity contribution < 1.29 is 4.79 Å². The summed E-state index contributed by atoms with van der Waals surface area (Å²) in [6, 6.07) is 10.1. The Hall–Kier alpha value is -2.14. The maximum absolute atomic E-state index is 12.5. The van der Waals surface area contributed by atoms with Gasteiger partial charge in [0.25, 0.3) is 0 Å². The monoisotopic (exact) mass is 298 g/mol. The number of carbonyl (C=O) groups excluding carboxylic acids is 1. The quantitative estimate of drug-likeness (QED) is 0.890. The highest BCUT2D eigenvalue weighted by molar-refractivity contribution is 5.95. The predicted octanol–water partition coefficient (Wildman–Crippen LogP) is 2.39. The van der Waals surface area contributed by atoms with Gasteiger partial charge in [0.15, 0.2) is 0 Å². The van der Waals surface area contributed by atoms with Crippen LogP contribution >= 0.6 is 0 Å². The molecule has 0 bridgehead atoms. The van der Waals surface area contributed by atoms with Crippen molar-refractivity contribution in [3.05, 3.63) is 48.3 Å². The zero-order chi connectivity index (χ0) is 15.4. The van der Waals surface area contributed by atoms with Crippen LogP contribution in [0.15, 0.2) is 42.7 Å². The summed E-state index contributed by atoms with van der Waals surface area (Å²) in [4.78, 5) is 12.5. The SMILES string of the molecule is NCC1(C(=O)Nc2cnn(Cc3ccccc3)c2)CCCC1. The second kappa shape index (κ2) is 6.32. The molecule has 5 heteroatoms. The summed E-state index contributed by atoms with van der Waals surface area (Å²) in [5, 5.41) is 7.29. The lowest BCUT2D eigenvalue weighted by Gasteiger charge is -2.25. The smallest absolute Gasteiger partial charge is 0.231 e. The van der Waals surface area contributed by atoms with Crippen LogP contribution in [0.5, 0.6) is 0 Å². The van der Waals surface area contributed by atoms with E-state index in [1.54, 1.807) is 6.20 Å². The van der Waals surface area contributed by atoms with E-state index in [9.17, 15) is 4.79 Å². The van der Waals surface area contributed by atoms with E-state index >= 15 is 0 Å². The fourth-order valence-corrected chi connectivity index (χ4v) is 3.12. The zero-order valence-corrected chi connectivity index (χ0v) is 12.7. The van der Waals surface area contributed by atoms with Crippen LogP contribution in [-0.2, 0) is 11.3 Å². The maximum Gasteiger partial charge on any atom is 0.231 e. The van der Waals surface area contributed by atoms with Crippen molar-refractivity contribution in [3.63, 3.8) is 0 Å². The number of aromatic nitrogens is 2. The minimum atomic E-state index is -0.387. The molecule has 1 saturated carbocycles. The van der Waals surface area contributed by atoms with Crippen LogP contribution < -0.4 is 11.1 Å². The standard InChI is InChI=1S/C17H22N4O/c18-13-17(8-4-5-9-17)16(22)20-15-10-19-21(12-15)11-14-6-2-1-3-7-14/h1-3,6-7,10,12H,4-5,8-9,11,13,18H2,(H,20,22). The van der Waals surface area contributed by atoms with Gasteiger partial charge in [-0.2, -0.15) is 5.10 Å². The van der Waals surface area contributed by atoms with Gasteiger partial charge in [-0.1, -0.05) is 43.2 Å². The molecule has 0 atom stereocenters. The van der Waals surface area contributed by atoms with Crippen LogP contribution in [0, 0.1) is 5.41 Å². The molecule has 3 N–H and O–H groups in total. The highest BCUT2D eigenvalue weighted by Gasteiger charge is 2.39. The molecular formula is C17H22N4O. The van der Waals surface area contributed by atoms with Gasteiger partial charge in [0.2, 0.25) is 5.91 Å². The number of nitrogens with two attached hydrogens (primary N) is 1. The Morgan fingerprint density at radius 3 is 2.68 bits per heavy atom. The number of anilines is 1. The first-order valence-corrected chi connectivity index (χ1v) is 7.80. The zero-order valence-electron chi connectivity index (χ0n) is 12.7. The van der Waals surface area contributed by atoms with Crippen molar-refractivity contribution >= 4 is 11.6 Å². The maximum atomic E-state index is 12.5. The summed E-state index contributed by atoms with van der Waals surface area (Å²) in [5.41, 5.74) is 7.38. The molecule has 3 rings (SSSR count). The Balaban J connectivity index is 1.65. The van der Waals surface area contributed by atoms with Crippen molar-refractivity contribution in [2.75, 3.05) is 11.9 Å². The molecule has 1 fully saturated rings. The van der Waals surface area contributed by atoms with Gasteiger partial charge in [0.05, 0.1) is 23.8 Å². The van der Waals surface area contributed by atoms with Gasteiger partial charge >= 0.3 is 0 Å². The van der Waals surface area contributed by atoms with E-state index in [0.717, 1.165) is 31.4 Å². The molecule has 1 aliphatic rings. The van der Waals surface area contributed by atoms with E-state index in [1.165, 1.54) is 5.56 Å². The van der Waals surface area contributed by atoms with Crippen LogP contribution in [0.2, 0.25) is 0 Å². The van der Waals surface area contributed by atoms with Gasteiger partial charge in [-0.25, -0.2) is 0 Å². The lowest BCUT2D eigenvalue weighted by Crippen LogP contribution is -2.40. The average Bonchev–Trinajstić information content (AvgIpc) is 3.18. The highest BCUT2D eigenvalue weighted by atomic mass is 16.2. The molecular weight excluding hydrogens is 276 g/mol. The van der Waals surface area contributed by atoms with Gasteiger partial charge in [-0.3, -0.25) is 9.48 Å². The molecule has 1 aliphatic carbocycles. The fourth-order valence-electron chi connectivity index (χ4n) is 3.12. The van der Waals surface area contributed by atoms with E-state index < -0.39 is 0 Å². The molecule has 1 heterocycles. The second-order valence-corrected chi connectivity index (χ2v) is 6.06. The second-order valence-electron chi connectivity index (χ2n) is 6.06. The minimum absolute atomic E-state index is 0.0340. The normalized spacial score (nSPS) is 16.6. The number of carbonyl (C=O) groups is 1. The summed E-state index contributed by atoms with van der Waals surface area (Å²) >= 11 is 0. The number of amides is 1. The average molecular weight is 298 g/mol. The van der Waals surface area contributed by atoms with E-state index in [1.807, 2.05) is 29.1 Å². The molecule has 22 heavy (non-hydrogen) atoms. The first-order valence-electron chi connectivity index (χ1n) is 7.80. The lowest BCUT2D eigenvalue weighted by molar-refractivity contribution is -0.124. The third kappa shape index (κ3) is 3.04. The van der Waals surface area contributed by atoms with E-state index in [2.05, 4.69) is 22.5 Å². The molecule has 1 aromatic carbocycles. The molecule has 0 radical (unpaired) electrons. The number of rotatable bonds is 5. The Labute approximate surface area is 130 Å². The number of nitrogens with zero attached hydrogens (tertiary/aromatic N) is 2. The van der Waals surface area contributed by atoms with Crippen LogP contribution in [0.25, 0.3) is 0 Å². The number of hydrogen-bond donors (Lipinski definition) is 2. The fraction of sp³-hybridized carbons (Fsp3) is 0.412. The highest BCUT2D eigenvalue weighted by Crippen LogP contribution is 2.38. The largest absolute Gasteiger partial charge is 0.329 e. The Kier molecular flexibility index (Phi) is 4.24. The lowest BCUT2D eigenvalue weighted by atomic mass is 9.85. The molecule has 0 aliphatic heterocycles. The minimum Gasteiger partial charge on any atom is -0.329 e. The van der Waals surface area contributed by atoms with Crippen molar-refractivity contribution in [2.45, 2.75) is 32.2 Å². The molecule has 0 spiro atoms. The van der Waals surface area contributed by atoms with Crippen LogP contribution in [0.3, 0.4) is 0 Å². The first-order chi connectivity index (χ1) is 10.7. The first kappa shape index (κ1) is 14.8. The predicted molar refractivity (Wildman–Crippen MR) is 86.4 cm³/mol. The summed E-state index contributed by atoms with van der Waals surface area (Å²) in [5.74, 6) is 0.0340. The molecule has 0 saturated heterocycles. The third-order valence-electron chi connectivity index (χ3n) is 4.51. The molecule has 1 aromatic heterocycles. The molecule has 5 nitrogen and oxygen atoms in total. The third-order valence-corrected chi connectivity index (χ3v) is 4.51. The van der Waals surface area contributed by atoms with E-state index in [0.29, 0.717) is 13.1 Å². The van der Waals surface area contributed by atoms with Gasteiger partial charge in [0, 0.05) is 12.7 Å². The van der Waals surface area contributed by atoms with Gasteiger partial charge in [-0.05, 0) is 18.4 Å². The van der Waals surface area contributed by atoms with E-state index in [-0.39, 0.29) is 11.3 Å². The Morgan fingerprint density at radius 1 is 1.27 bits per heavy atom. The van der Waals surface area contributed by atoms with Crippen LogP contribution in [0.4, 0.5) is 5.69 Å². The topological polar surface area (TPSA) is 72.9 Å². The van der Waals surface area contributed by atoms with Crippen molar-refractivity contribution in [2.24, 2.45) is 11.1 Å². The Bertz CT molecular complexity index is 629. The number of hydrogen-bond acceptors (Lipinski definition) is 3. The van der Waals surface area contributed by atoms with Crippen molar-refractivity contribution in [3.8, 4) is 0 Å². The van der Waals surface area contributed by atoms with Crippen molar-refractivity contribution in [1.82, 2.24) is 9.78 Å². The molecule has 1 amide bonds. The van der Waals surface area contributed by atoms with Crippen LogP contribution in [0.1, 0.15) is 31.2 Å². The van der Waals surface area contributed by atoms with Crippen molar-refractivity contribution in [1.29, 1.82) is 0 Å². The van der Waals surface area contributed by atoms with Gasteiger partial charge < -0.3 is 11.1 Å². The molecule has 2 aromatic rings. The van der Waals surface area contributed by atoms with Crippen LogP contribution in [-0.4, -0.2) is 22.2 Å². The van der Waals surface area contributed by atoms with Gasteiger partial charge in [-0.15, -0.1) is 0 Å². The summed E-state index contributed by atoms with van der Waals surface area (Å²) in [7, 11) is 0. The summed E-state index contributed by atoms with van der Waals surface area (Å²) in [6.07, 6.45) is 7.49. The molecule has 116 valence electrons. The summed E-state index contributed by atoms with van der Waals surface area (Å²) in [6.45, 7) is 1.11. The number of benzene rings is 1. The summed E-state index contributed by atoms with van der Waals surface area (Å²) < 4.78 is 1.83. The van der Waals surface area contributed by atoms with E-state index in [4.69, 9.17) is 5.73 Å². The molecule has 0 unspecified atom stereocenters. The Morgan fingerprint density at radius 2 is 2.00 bits per heavy atom. The number of nitrogens with one attached hydrogen (secondary N) is 1.